The van der Waals surface area contributed by atoms with E-state index >= 15 is 0 Å². The normalized spacial score (nSPS) is 44.3. The summed E-state index contributed by atoms with van der Waals surface area (Å²) in [7, 11) is 0. The van der Waals surface area contributed by atoms with Gasteiger partial charge in [-0.25, -0.2) is 4.79 Å². The molecule has 5 aliphatic rings. The number of nitrogens with one attached hydrogen (secondary N) is 2. The molecule has 0 aliphatic carbocycles. The first-order chi connectivity index (χ1) is 36.1. The third kappa shape index (κ3) is 14.7. The molecule has 0 spiro atoms. The summed E-state index contributed by atoms with van der Waals surface area (Å²) in [6, 6.07) is -3.51. The summed E-state index contributed by atoms with van der Waals surface area (Å²) in [6.07, 6.45) is -56.0. The number of aliphatic hydroxyl groups excluding tert-OH is 18. The zero-order valence-electron chi connectivity index (χ0n) is 41.8. The van der Waals surface area contributed by atoms with Crippen molar-refractivity contribution in [1.29, 1.82) is 0 Å². The van der Waals surface area contributed by atoms with Gasteiger partial charge in [0, 0.05) is 20.3 Å². The lowest BCUT2D eigenvalue weighted by Crippen LogP contribution is -2.69. The Kier molecular flexibility index (Phi) is 23.5. The van der Waals surface area contributed by atoms with Gasteiger partial charge in [-0.2, -0.15) is 0 Å². The van der Waals surface area contributed by atoms with Crippen LogP contribution < -0.4 is 10.6 Å². The summed E-state index contributed by atoms with van der Waals surface area (Å²) in [4.78, 5) is 37.4. The van der Waals surface area contributed by atoms with Crippen LogP contribution in [0.15, 0.2) is 0 Å². The van der Waals surface area contributed by atoms with Gasteiger partial charge in [-0.1, -0.05) is 0 Å². The second-order valence-corrected chi connectivity index (χ2v) is 19.4. The number of aliphatic hydroxyl groups is 18. The second kappa shape index (κ2) is 27.8. The highest BCUT2D eigenvalue weighted by atomic mass is 16.8. The first kappa shape index (κ1) is 65.1. The van der Waals surface area contributed by atoms with Gasteiger partial charge < -0.3 is 155 Å². The van der Waals surface area contributed by atoms with E-state index in [1.807, 2.05) is 0 Å². The molecule has 0 saturated carbocycles. The molecular formula is C43H74N2O32. The third-order valence-electron chi connectivity index (χ3n) is 13.8. The molecule has 2 amide bonds. The molecule has 0 aromatic heterocycles. The number of aliphatic carboxylic acids is 1. The Labute approximate surface area is 437 Å². The molecule has 5 fully saturated rings. The summed E-state index contributed by atoms with van der Waals surface area (Å²) >= 11 is 0. The van der Waals surface area contributed by atoms with Gasteiger partial charge in [0.25, 0.3) is 5.79 Å². The average Bonchev–Trinajstić information content (AvgIpc) is 3.39. The number of amides is 2. The van der Waals surface area contributed by atoms with Crippen LogP contribution in [0.2, 0.25) is 0 Å². The van der Waals surface area contributed by atoms with Crippen LogP contribution in [0.25, 0.3) is 0 Å². The van der Waals surface area contributed by atoms with Crippen LogP contribution >= 0.6 is 0 Å². The molecule has 0 radical (unpaired) electrons. The summed E-state index contributed by atoms with van der Waals surface area (Å²) < 4.78 is 57.9. The zero-order chi connectivity index (χ0) is 57.7. The summed E-state index contributed by atoms with van der Waals surface area (Å²) in [6.45, 7) is -1.46. The maximum atomic E-state index is 12.9. The number of carbonyl (C=O) groups is 3. The minimum atomic E-state index is -3.10. The molecule has 5 aliphatic heterocycles. The van der Waals surface area contributed by atoms with E-state index in [2.05, 4.69) is 10.6 Å². The van der Waals surface area contributed by atoms with Gasteiger partial charge in [0.1, 0.15) is 122 Å². The van der Waals surface area contributed by atoms with E-state index < -0.39 is 241 Å². The van der Waals surface area contributed by atoms with E-state index in [4.69, 9.17) is 47.4 Å². The minimum absolute atomic E-state index is 0.821. The van der Waals surface area contributed by atoms with E-state index in [1.54, 1.807) is 0 Å². The summed E-state index contributed by atoms with van der Waals surface area (Å²) in [5, 5.41) is 209. The molecule has 30 atom stereocenters. The van der Waals surface area contributed by atoms with E-state index in [9.17, 15) is 111 Å². The molecule has 5 rings (SSSR count). The van der Waals surface area contributed by atoms with Crippen LogP contribution in [0.3, 0.4) is 0 Å². The van der Waals surface area contributed by atoms with Gasteiger partial charge in [0.2, 0.25) is 11.8 Å². The lowest BCUT2D eigenvalue weighted by atomic mass is 9.88. The average molecular weight is 1130 g/mol. The molecule has 34 heteroatoms. The molecule has 77 heavy (non-hydrogen) atoms. The molecule has 5 saturated heterocycles. The highest BCUT2D eigenvalue weighted by molar-refractivity contribution is 5.76. The number of hydrogen-bond acceptors (Lipinski definition) is 31. The lowest BCUT2D eigenvalue weighted by molar-refractivity contribution is -0.407. The largest absolute Gasteiger partial charge is 0.477 e. The Hall–Kier alpha value is -2.71. The van der Waals surface area contributed by atoms with Crippen LogP contribution in [-0.2, 0) is 61.8 Å². The molecule has 0 unspecified atom stereocenters. The topological polar surface area (TPSA) is 552 Å². The first-order valence-electron chi connectivity index (χ1n) is 24.4. The minimum Gasteiger partial charge on any atom is -0.477 e. The first-order valence-corrected chi connectivity index (χ1v) is 24.4. The van der Waals surface area contributed by atoms with Crippen LogP contribution in [-0.4, -0.2) is 331 Å². The van der Waals surface area contributed by atoms with Crippen molar-refractivity contribution in [1.82, 2.24) is 10.6 Å². The smallest absolute Gasteiger partial charge is 0.364 e. The Morgan fingerprint density at radius 1 is 0.597 bits per heavy atom. The van der Waals surface area contributed by atoms with Gasteiger partial charge in [-0.3, -0.25) is 9.59 Å². The van der Waals surface area contributed by atoms with Crippen LogP contribution in [0.4, 0.5) is 0 Å². The number of carbonyl (C=O) groups excluding carboxylic acids is 2. The maximum absolute atomic E-state index is 12.9. The summed E-state index contributed by atoms with van der Waals surface area (Å²) in [5.74, 6) is -6.89. The van der Waals surface area contributed by atoms with Crippen LogP contribution in [0.5, 0.6) is 0 Å². The lowest BCUT2D eigenvalue weighted by Gasteiger charge is -2.50. The molecule has 34 nitrogen and oxygen atoms in total. The number of rotatable bonds is 23. The van der Waals surface area contributed by atoms with E-state index in [0.29, 0.717) is 0 Å². The van der Waals surface area contributed by atoms with Crippen molar-refractivity contribution in [2.45, 2.75) is 218 Å². The summed E-state index contributed by atoms with van der Waals surface area (Å²) in [5.41, 5.74) is 0. The Bertz CT molecular complexity index is 1880. The number of carboxylic acids is 1. The van der Waals surface area contributed by atoms with Crippen molar-refractivity contribution in [2.24, 2.45) is 0 Å². The zero-order valence-corrected chi connectivity index (χ0v) is 41.8. The third-order valence-corrected chi connectivity index (χ3v) is 13.8. The Morgan fingerprint density at radius 3 is 1.61 bits per heavy atom. The van der Waals surface area contributed by atoms with E-state index in [1.165, 1.54) is 13.8 Å². The fraction of sp³-hybridized carbons (Fsp3) is 0.930. The highest BCUT2D eigenvalue weighted by Gasteiger charge is 2.59. The predicted octanol–water partition coefficient (Wildman–Crippen LogP) is -12.9. The molecule has 0 aromatic carbocycles. The molecule has 0 bridgehead atoms. The van der Waals surface area contributed by atoms with Crippen molar-refractivity contribution in [2.75, 3.05) is 33.0 Å². The van der Waals surface area contributed by atoms with Crippen molar-refractivity contribution in [3.8, 4) is 0 Å². The van der Waals surface area contributed by atoms with Gasteiger partial charge >= 0.3 is 5.97 Å². The standard InChI is InChI=1S/C43H74N2O32/c1-11-22(55)28(61)31(64)38(69-11)75-36-30(63)26(59)19(8-48)71-40(36)74-35-27(60)20(9-49)72-41(37(35)76-39-32(65)29(62)23(56)12(2)70-39)73-33(15(6-46)44-13(3)50)25(58)18(54)10-68-43(42(66)67)5-16(52)21(45-14(4)51)34(77-43)24(57)17(53)7-47/h11-12,15-41,46-49,52-65H,5-10H2,1-4H3,(H,44,50)(H,45,51)(H,66,67)/t11-,12-,15+,16+,17-,18-,19-,20-,21-,22+,23+,24-,25+,26+,27+,28+,29+,30+,31-,32-,33+,34-,35+,36-,37-,38-,39-,40+,41+,43-/m1/s1. The molecule has 0 aromatic rings. The van der Waals surface area contributed by atoms with Gasteiger partial charge in [-0.15, -0.1) is 0 Å². The molecule has 21 N–H and O–H groups in total. The quantitative estimate of drug-likeness (QED) is 0.0452. The van der Waals surface area contributed by atoms with Crippen LogP contribution in [0.1, 0.15) is 34.1 Å². The molecule has 448 valence electrons. The number of ether oxygens (including phenoxy) is 10. The number of carboxylic acid groups (broad SMARTS) is 1. The van der Waals surface area contributed by atoms with Gasteiger partial charge in [0.15, 0.2) is 25.2 Å². The SMILES string of the molecule is CC(=O)N[C@H]1[C@H]([C@H](O)[C@H](O)CO)O[C@@](OC[C@@H](O)[C@H](O)[C@@H](O[C@@H]2O[C@H](CO)[C@H](O)[C@H](O[C@@H]3O[C@H](CO)[C@H](O)[C@H](O)[C@H]3O[C@H]3O[C@H](C)[C@H](O)[C@H](O)[C@H]3O)[C@H]2O[C@H]2O[C@H](C)[C@H](O)[C@H](O)[C@H]2O)[C@H](CO)NC(C)=O)(C(=O)O)C[C@@H]1O. The Morgan fingerprint density at radius 2 is 1.12 bits per heavy atom. The monoisotopic (exact) mass is 1130 g/mol. The fourth-order valence-corrected chi connectivity index (χ4v) is 9.35. The van der Waals surface area contributed by atoms with Gasteiger partial charge in [-0.05, 0) is 13.8 Å². The van der Waals surface area contributed by atoms with Crippen molar-refractivity contribution in [3.05, 3.63) is 0 Å². The van der Waals surface area contributed by atoms with Crippen LogP contribution in [0, 0.1) is 0 Å². The number of hydrogen-bond donors (Lipinski definition) is 21. The fourth-order valence-electron chi connectivity index (χ4n) is 9.35. The van der Waals surface area contributed by atoms with E-state index in [0.717, 1.165) is 13.8 Å². The molecular weight excluding hydrogens is 1060 g/mol. The maximum Gasteiger partial charge on any atom is 0.364 e. The van der Waals surface area contributed by atoms with Crippen molar-refractivity contribution >= 4 is 17.8 Å². The molecule has 5 heterocycles. The van der Waals surface area contributed by atoms with E-state index in [-0.39, 0.29) is 0 Å². The van der Waals surface area contributed by atoms with Crippen molar-refractivity contribution in [3.63, 3.8) is 0 Å². The van der Waals surface area contributed by atoms with Gasteiger partial charge in [0.05, 0.1) is 63.4 Å². The highest BCUT2D eigenvalue weighted by Crippen LogP contribution is 2.38. The second-order valence-electron chi connectivity index (χ2n) is 19.4. The Balaban J connectivity index is 1.55. The van der Waals surface area contributed by atoms with Crippen molar-refractivity contribution < 1.29 is 159 Å². The predicted molar refractivity (Wildman–Crippen MR) is 239 cm³/mol.